The van der Waals surface area contributed by atoms with Gasteiger partial charge in [-0.2, -0.15) is 10.4 Å². The summed E-state index contributed by atoms with van der Waals surface area (Å²) in [5.41, 5.74) is 2.04. The first-order chi connectivity index (χ1) is 8.93. The number of hydrogen-bond donors (Lipinski definition) is 1. The normalized spacial score (nSPS) is 19.1. The molecule has 1 aromatic rings. The van der Waals surface area contributed by atoms with Crippen LogP contribution in [0, 0.1) is 11.3 Å². The first kappa shape index (κ1) is 14.0. The van der Waals surface area contributed by atoms with Gasteiger partial charge in [0.05, 0.1) is 11.8 Å². The van der Waals surface area contributed by atoms with E-state index in [2.05, 4.69) is 42.2 Å². The topological polar surface area (TPSA) is 56.9 Å². The second-order valence-electron chi connectivity index (χ2n) is 6.17. The fourth-order valence-corrected chi connectivity index (χ4v) is 2.58. The van der Waals surface area contributed by atoms with E-state index in [4.69, 9.17) is 0 Å². The molecular formula is C14H23N5. The highest BCUT2D eigenvalue weighted by Gasteiger charge is 2.30. The van der Waals surface area contributed by atoms with Crippen LogP contribution in [0.5, 0.6) is 0 Å². The fourth-order valence-electron chi connectivity index (χ4n) is 2.58. The largest absolute Gasteiger partial charge is 0.314 e. The molecule has 0 saturated carbocycles. The minimum atomic E-state index is -0.190. The van der Waals surface area contributed by atoms with Gasteiger partial charge in [-0.05, 0) is 0 Å². The predicted molar refractivity (Wildman–Crippen MR) is 74.7 cm³/mol. The summed E-state index contributed by atoms with van der Waals surface area (Å²) in [5.74, 6) is 0. The van der Waals surface area contributed by atoms with Gasteiger partial charge in [-0.25, -0.2) is 0 Å². The van der Waals surface area contributed by atoms with Crippen LogP contribution in [0.2, 0.25) is 0 Å². The smallest absolute Gasteiger partial charge is 0.127 e. The zero-order valence-electron chi connectivity index (χ0n) is 12.3. The Morgan fingerprint density at radius 2 is 2.00 bits per heavy atom. The standard InChI is InChI=1S/C14H23N5/c1-14(2,3)13-11(10-18(4)17-13)12(9-15)19-7-5-16-6-8-19/h10,12,16H,5-8H2,1-4H3. The highest BCUT2D eigenvalue weighted by Crippen LogP contribution is 2.31. The number of aromatic nitrogens is 2. The van der Waals surface area contributed by atoms with Crippen molar-refractivity contribution < 1.29 is 0 Å². The Balaban J connectivity index is 2.35. The molecule has 1 aliphatic heterocycles. The SMILES string of the molecule is Cn1cc(C(C#N)N2CCNCC2)c(C(C)(C)C)n1. The van der Waals surface area contributed by atoms with E-state index in [-0.39, 0.29) is 11.5 Å². The third-order valence-corrected chi connectivity index (χ3v) is 3.50. The van der Waals surface area contributed by atoms with Crippen molar-refractivity contribution in [3.8, 4) is 6.07 Å². The lowest BCUT2D eigenvalue weighted by Crippen LogP contribution is -2.45. The zero-order chi connectivity index (χ0) is 14.0. The maximum Gasteiger partial charge on any atom is 0.127 e. The van der Waals surface area contributed by atoms with Gasteiger partial charge in [-0.1, -0.05) is 20.8 Å². The van der Waals surface area contributed by atoms with E-state index in [9.17, 15) is 5.26 Å². The lowest BCUT2D eigenvalue weighted by molar-refractivity contribution is 0.206. The van der Waals surface area contributed by atoms with E-state index < -0.39 is 0 Å². The highest BCUT2D eigenvalue weighted by atomic mass is 15.3. The molecule has 1 unspecified atom stereocenters. The van der Waals surface area contributed by atoms with Gasteiger partial charge in [-0.3, -0.25) is 9.58 Å². The molecule has 104 valence electrons. The van der Waals surface area contributed by atoms with Crippen molar-refractivity contribution in [3.63, 3.8) is 0 Å². The van der Waals surface area contributed by atoms with Crippen LogP contribution in [0.25, 0.3) is 0 Å². The first-order valence-corrected chi connectivity index (χ1v) is 6.82. The van der Waals surface area contributed by atoms with Gasteiger partial charge in [0.1, 0.15) is 6.04 Å². The summed E-state index contributed by atoms with van der Waals surface area (Å²) < 4.78 is 1.82. The Kier molecular flexibility index (Phi) is 3.93. The van der Waals surface area contributed by atoms with Crippen molar-refractivity contribution in [1.82, 2.24) is 20.0 Å². The molecule has 1 N–H and O–H groups in total. The summed E-state index contributed by atoms with van der Waals surface area (Å²) in [4.78, 5) is 2.24. The molecule has 1 fully saturated rings. The Morgan fingerprint density at radius 1 is 1.37 bits per heavy atom. The molecule has 0 radical (unpaired) electrons. The van der Waals surface area contributed by atoms with Crippen LogP contribution in [-0.2, 0) is 12.5 Å². The van der Waals surface area contributed by atoms with Gasteiger partial charge in [0, 0.05) is 50.4 Å². The highest BCUT2D eigenvalue weighted by molar-refractivity contribution is 5.31. The number of nitrogens with one attached hydrogen (secondary N) is 1. The number of nitriles is 1. The summed E-state index contributed by atoms with van der Waals surface area (Å²) in [6.45, 7) is 10.2. The lowest BCUT2D eigenvalue weighted by Gasteiger charge is -2.32. The van der Waals surface area contributed by atoms with Crippen molar-refractivity contribution in [2.24, 2.45) is 7.05 Å². The molecule has 19 heavy (non-hydrogen) atoms. The van der Waals surface area contributed by atoms with Crippen molar-refractivity contribution in [2.45, 2.75) is 32.2 Å². The van der Waals surface area contributed by atoms with Crippen molar-refractivity contribution in [2.75, 3.05) is 26.2 Å². The summed E-state index contributed by atoms with van der Waals surface area (Å²) in [6.07, 6.45) is 2.00. The minimum absolute atomic E-state index is 0.0419. The third-order valence-electron chi connectivity index (χ3n) is 3.50. The molecule has 0 aromatic carbocycles. The zero-order valence-corrected chi connectivity index (χ0v) is 12.3. The number of hydrogen-bond acceptors (Lipinski definition) is 4. The second-order valence-corrected chi connectivity index (χ2v) is 6.17. The summed E-state index contributed by atoms with van der Waals surface area (Å²) in [6, 6.07) is 2.27. The van der Waals surface area contributed by atoms with Gasteiger partial charge in [0.25, 0.3) is 0 Å². The molecule has 0 bridgehead atoms. The number of aryl methyl sites for hydroxylation is 1. The molecule has 0 aliphatic carbocycles. The molecule has 0 spiro atoms. The molecule has 5 heteroatoms. The number of nitrogens with zero attached hydrogens (tertiary/aromatic N) is 4. The maximum absolute atomic E-state index is 9.58. The molecule has 1 aromatic heterocycles. The van der Waals surface area contributed by atoms with Crippen molar-refractivity contribution >= 4 is 0 Å². The maximum atomic E-state index is 9.58. The fraction of sp³-hybridized carbons (Fsp3) is 0.714. The van der Waals surface area contributed by atoms with E-state index in [1.165, 1.54) is 0 Å². The summed E-state index contributed by atoms with van der Waals surface area (Å²) in [7, 11) is 1.92. The van der Waals surface area contributed by atoms with E-state index in [1.54, 1.807) is 0 Å². The quantitative estimate of drug-likeness (QED) is 0.869. The first-order valence-electron chi connectivity index (χ1n) is 6.82. The summed E-state index contributed by atoms with van der Waals surface area (Å²) in [5, 5.41) is 17.5. The molecule has 1 aliphatic rings. The van der Waals surface area contributed by atoms with Crippen LogP contribution in [0.4, 0.5) is 0 Å². The van der Waals surface area contributed by atoms with Gasteiger partial charge in [0.2, 0.25) is 0 Å². The van der Waals surface area contributed by atoms with E-state index >= 15 is 0 Å². The molecular weight excluding hydrogens is 238 g/mol. The minimum Gasteiger partial charge on any atom is -0.314 e. The summed E-state index contributed by atoms with van der Waals surface area (Å²) >= 11 is 0. The van der Waals surface area contributed by atoms with Gasteiger partial charge < -0.3 is 5.32 Å². The van der Waals surface area contributed by atoms with Crippen LogP contribution < -0.4 is 5.32 Å². The van der Waals surface area contributed by atoms with Gasteiger partial charge >= 0.3 is 0 Å². The van der Waals surface area contributed by atoms with Gasteiger partial charge in [0.15, 0.2) is 0 Å². The van der Waals surface area contributed by atoms with Crippen molar-refractivity contribution in [3.05, 3.63) is 17.5 Å². The third kappa shape index (κ3) is 2.96. The lowest BCUT2D eigenvalue weighted by atomic mass is 9.87. The predicted octanol–water partition coefficient (Wildman–Crippen LogP) is 1.19. The van der Waals surface area contributed by atoms with Crippen molar-refractivity contribution in [1.29, 1.82) is 5.26 Å². The van der Waals surface area contributed by atoms with E-state index in [0.717, 1.165) is 37.4 Å². The van der Waals surface area contributed by atoms with Crippen LogP contribution in [0.1, 0.15) is 38.1 Å². The monoisotopic (exact) mass is 261 g/mol. The van der Waals surface area contributed by atoms with E-state index in [0.29, 0.717) is 0 Å². The Hall–Kier alpha value is -1.38. The second kappa shape index (κ2) is 5.32. The number of piperazine rings is 1. The number of rotatable bonds is 2. The molecule has 1 saturated heterocycles. The van der Waals surface area contributed by atoms with Crippen LogP contribution in [0.15, 0.2) is 6.20 Å². The molecule has 5 nitrogen and oxygen atoms in total. The molecule has 0 amide bonds. The average molecular weight is 261 g/mol. The Morgan fingerprint density at radius 3 is 2.53 bits per heavy atom. The van der Waals surface area contributed by atoms with Crippen LogP contribution in [-0.4, -0.2) is 40.9 Å². The molecule has 2 heterocycles. The Bertz CT molecular complexity index is 471. The molecule has 2 rings (SSSR count). The van der Waals surface area contributed by atoms with Gasteiger partial charge in [-0.15, -0.1) is 0 Å². The Labute approximate surface area is 115 Å². The van der Waals surface area contributed by atoms with E-state index in [1.807, 2.05) is 17.9 Å². The van der Waals surface area contributed by atoms with Crippen LogP contribution >= 0.6 is 0 Å². The van der Waals surface area contributed by atoms with Crippen LogP contribution in [0.3, 0.4) is 0 Å². The average Bonchev–Trinajstić information content (AvgIpc) is 2.73. The molecule has 1 atom stereocenters.